The van der Waals surface area contributed by atoms with Crippen molar-refractivity contribution in [1.29, 1.82) is 0 Å². The largest absolute Gasteiger partial charge is 0.392 e. The predicted molar refractivity (Wildman–Crippen MR) is 78.1 cm³/mol. The molecule has 0 saturated carbocycles. The lowest BCUT2D eigenvalue weighted by molar-refractivity contribution is 0.172. The van der Waals surface area contributed by atoms with Crippen molar-refractivity contribution in [2.24, 2.45) is 7.05 Å². The number of benzene rings is 1. The lowest BCUT2D eigenvalue weighted by Gasteiger charge is -2.24. The first-order chi connectivity index (χ1) is 10.5. The summed E-state index contributed by atoms with van der Waals surface area (Å²) in [5, 5.41) is 14.2. The van der Waals surface area contributed by atoms with Crippen molar-refractivity contribution in [1.82, 2.24) is 14.7 Å². The van der Waals surface area contributed by atoms with Crippen LogP contribution < -0.4 is 0 Å². The van der Waals surface area contributed by atoms with E-state index < -0.39 is 17.7 Å². The number of aromatic nitrogens is 2. The van der Waals surface area contributed by atoms with E-state index >= 15 is 0 Å². The Bertz CT molecular complexity index is 686. The molecule has 0 spiro atoms. The summed E-state index contributed by atoms with van der Waals surface area (Å²) < 4.78 is 29.3. The Morgan fingerprint density at radius 3 is 2.82 bits per heavy atom. The Morgan fingerprint density at radius 1 is 1.36 bits per heavy atom. The second kappa shape index (κ2) is 5.78. The number of β-amino-alcohol motifs (C(OH)–C–C–N with tert-alkyl or cyclic N) is 1. The fourth-order valence-corrected chi connectivity index (χ4v) is 3.07. The van der Waals surface area contributed by atoms with Gasteiger partial charge in [0.1, 0.15) is 11.6 Å². The highest BCUT2D eigenvalue weighted by Crippen LogP contribution is 2.35. The van der Waals surface area contributed by atoms with Gasteiger partial charge in [-0.05, 0) is 31.5 Å². The van der Waals surface area contributed by atoms with Gasteiger partial charge in [-0.15, -0.1) is 0 Å². The van der Waals surface area contributed by atoms with Gasteiger partial charge in [-0.1, -0.05) is 0 Å². The smallest absolute Gasteiger partial charge is 0.128 e. The zero-order valence-corrected chi connectivity index (χ0v) is 12.6. The maximum Gasteiger partial charge on any atom is 0.128 e. The second-order valence-corrected chi connectivity index (χ2v) is 5.88. The number of hydrogen-bond acceptors (Lipinski definition) is 3. The molecule has 3 rings (SSSR count). The van der Waals surface area contributed by atoms with Crippen LogP contribution in [-0.4, -0.2) is 32.4 Å². The summed E-state index contributed by atoms with van der Waals surface area (Å²) in [6.45, 7) is 2.96. The summed E-state index contributed by atoms with van der Waals surface area (Å²) in [4.78, 5) is 1.98. The van der Waals surface area contributed by atoms with Gasteiger partial charge >= 0.3 is 0 Å². The second-order valence-electron chi connectivity index (χ2n) is 5.88. The van der Waals surface area contributed by atoms with Crippen LogP contribution >= 0.6 is 0 Å². The highest BCUT2D eigenvalue weighted by molar-refractivity contribution is 5.25. The van der Waals surface area contributed by atoms with Crippen LogP contribution in [0.15, 0.2) is 24.4 Å². The Morgan fingerprint density at radius 2 is 2.14 bits per heavy atom. The monoisotopic (exact) mass is 307 g/mol. The van der Waals surface area contributed by atoms with Gasteiger partial charge in [0, 0.05) is 43.0 Å². The summed E-state index contributed by atoms with van der Waals surface area (Å²) in [7, 11) is 1.86. The van der Waals surface area contributed by atoms with Crippen LogP contribution in [0, 0.1) is 18.6 Å². The minimum atomic E-state index is -0.537. The third-order valence-corrected chi connectivity index (χ3v) is 4.41. The average Bonchev–Trinajstić information content (AvgIpc) is 2.99. The van der Waals surface area contributed by atoms with Crippen molar-refractivity contribution >= 4 is 0 Å². The molecule has 0 radical (unpaired) electrons. The van der Waals surface area contributed by atoms with Gasteiger partial charge in [0.05, 0.1) is 12.3 Å². The van der Waals surface area contributed by atoms with Crippen LogP contribution in [-0.2, 0) is 13.6 Å². The first kappa shape index (κ1) is 15.1. The predicted octanol–water partition coefficient (Wildman–Crippen LogP) is 2.31. The highest BCUT2D eigenvalue weighted by Gasteiger charge is 2.34. The molecule has 1 N–H and O–H groups in total. The molecule has 22 heavy (non-hydrogen) atoms. The molecule has 1 aliphatic heterocycles. The molecule has 4 nitrogen and oxygen atoms in total. The van der Waals surface area contributed by atoms with Gasteiger partial charge in [0.15, 0.2) is 0 Å². The number of aryl methyl sites for hydroxylation is 1. The maximum atomic E-state index is 14.1. The fourth-order valence-electron chi connectivity index (χ4n) is 3.07. The standard InChI is InChI=1S/C16H19F2N3O/c1-10-11(7-19-20(10)2)8-21-9-13(22)6-16(21)14-5-12(17)3-4-15(14)18/h3-5,7,13,16,22H,6,8-9H2,1-2H3/t13-,16+/m1/s1. The van der Waals surface area contributed by atoms with Gasteiger partial charge in [0.25, 0.3) is 0 Å². The summed E-state index contributed by atoms with van der Waals surface area (Å²) in [6.07, 6.45) is 1.64. The molecule has 0 amide bonds. The van der Waals surface area contributed by atoms with E-state index in [2.05, 4.69) is 5.10 Å². The number of hydrogen-bond donors (Lipinski definition) is 1. The normalized spacial score (nSPS) is 22.4. The van der Waals surface area contributed by atoms with E-state index in [9.17, 15) is 13.9 Å². The molecule has 1 fully saturated rings. The number of likely N-dealkylation sites (tertiary alicyclic amines) is 1. The van der Waals surface area contributed by atoms with Gasteiger partial charge in [-0.25, -0.2) is 8.78 Å². The van der Waals surface area contributed by atoms with Crippen LogP contribution in [0.3, 0.4) is 0 Å². The Kier molecular flexibility index (Phi) is 3.97. The van der Waals surface area contributed by atoms with E-state index in [4.69, 9.17) is 0 Å². The average molecular weight is 307 g/mol. The number of halogens is 2. The molecule has 2 atom stereocenters. The Hall–Kier alpha value is -1.79. The number of rotatable bonds is 3. The fraction of sp³-hybridized carbons (Fsp3) is 0.438. The van der Waals surface area contributed by atoms with Crippen molar-refractivity contribution in [3.05, 3.63) is 52.9 Å². The minimum Gasteiger partial charge on any atom is -0.392 e. The minimum absolute atomic E-state index is 0.304. The molecule has 0 bridgehead atoms. The Labute approximate surface area is 128 Å². The maximum absolute atomic E-state index is 14.1. The van der Waals surface area contributed by atoms with Crippen molar-refractivity contribution in [3.63, 3.8) is 0 Å². The topological polar surface area (TPSA) is 41.3 Å². The number of aliphatic hydroxyl groups excluding tert-OH is 1. The van der Waals surface area contributed by atoms with E-state index in [0.717, 1.165) is 23.4 Å². The van der Waals surface area contributed by atoms with E-state index in [1.165, 1.54) is 6.07 Å². The molecular formula is C16H19F2N3O. The third-order valence-electron chi connectivity index (χ3n) is 4.41. The number of nitrogens with zero attached hydrogens (tertiary/aromatic N) is 3. The number of aliphatic hydroxyl groups is 1. The van der Waals surface area contributed by atoms with Gasteiger partial charge < -0.3 is 5.11 Å². The summed E-state index contributed by atoms with van der Waals surface area (Å²) in [5.74, 6) is -0.899. The van der Waals surface area contributed by atoms with Gasteiger partial charge in [-0.3, -0.25) is 9.58 Å². The first-order valence-electron chi connectivity index (χ1n) is 7.30. The third kappa shape index (κ3) is 2.76. The highest BCUT2D eigenvalue weighted by atomic mass is 19.1. The van der Waals surface area contributed by atoms with E-state index in [-0.39, 0.29) is 6.04 Å². The summed E-state index contributed by atoms with van der Waals surface area (Å²) >= 11 is 0. The lowest BCUT2D eigenvalue weighted by Crippen LogP contribution is -2.25. The lowest BCUT2D eigenvalue weighted by atomic mass is 10.0. The SMILES string of the molecule is Cc1c(CN2C[C@H](O)C[C@H]2c2cc(F)ccc2F)cnn1C. The molecule has 2 heterocycles. The van der Waals surface area contributed by atoms with Gasteiger partial charge in [-0.2, -0.15) is 5.10 Å². The molecule has 1 aliphatic rings. The first-order valence-corrected chi connectivity index (χ1v) is 7.30. The van der Waals surface area contributed by atoms with Crippen molar-refractivity contribution in [2.45, 2.75) is 32.0 Å². The molecule has 1 saturated heterocycles. The van der Waals surface area contributed by atoms with Crippen LogP contribution in [0.5, 0.6) is 0 Å². The van der Waals surface area contributed by atoms with Crippen molar-refractivity contribution in [2.75, 3.05) is 6.54 Å². The molecule has 1 aromatic heterocycles. The molecule has 118 valence electrons. The summed E-state index contributed by atoms with van der Waals surface area (Å²) in [5.41, 5.74) is 2.36. The summed E-state index contributed by atoms with van der Waals surface area (Å²) in [6, 6.07) is 3.15. The quantitative estimate of drug-likeness (QED) is 0.946. The molecule has 2 aromatic rings. The van der Waals surface area contributed by atoms with E-state index in [1.807, 2.05) is 18.9 Å². The van der Waals surface area contributed by atoms with E-state index in [1.54, 1.807) is 10.9 Å². The molecule has 0 aliphatic carbocycles. The van der Waals surface area contributed by atoms with Crippen LogP contribution in [0.25, 0.3) is 0 Å². The van der Waals surface area contributed by atoms with Crippen LogP contribution in [0.2, 0.25) is 0 Å². The van der Waals surface area contributed by atoms with Crippen molar-refractivity contribution in [3.8, 4) is 0 Å². The molecule has 0 unspecified atom stereocenters. The Balaban J connectivity index is 1.89. The van der Waals surface area contributed by atoms with E-state index in [0.29, 0.717) is 25.1 Å². The van der Waals surface area contributed by atoms with Crippen LogP contribution in [0.4, 0.5) is 8.78 Å². The van der Waals surface area contributed by atoms with Gasteiger partial charge in [0.2, 0.25) is 0 Å². The molecule has 6 heteroatoms. The molecular weight excluding hydrogens is 288 g/mol. The zero-order chi connectivity index (χ0) is 15.9. The van der Waals surface area contributed by atoms with Crippen LogP contribution in [0.1, 0.15) is 29.3 Å². The van der Waals surface area contributed by atoms with Crippen molar-refractivity contribution < 1.29 is 13.9 Å². The zero-order valence-electron chi connectivity index (χ0n) is 12.6. The molecule has 1 aromatic carbocycles.